The third kappa shape index (κ3) is 2.94. The number of amides is 2. The maximum atomic E-state index is 14.7. The minimum Gasteiger partial charge on any atom is -0.447 e. The molecule has 27 heavy (non-hydrogen) atoms. The summed E-state index contributed by atoms with van der Waals surface area (Å²) in [6.45, 7) is 1.90. The van der Waals surface area contributed by atoms with E-state index in [1.54, 1.807) is 13.0 Å². The number of halogens is 2. The number of nitrogens with one attached hydrogen (secondary N) is 1. The highest BCUT2D eigenvalue weighted by Gasteiger charge is 2.43. The SMILES string of the molecule is C[C@@H]1COC(=O)N1c1cc2cc(NC(=O)[C@@H]3C[C@H]3C#N)ncc2c(Cl)c1F. The molecule has 2 heterocycles. The van der Waals surface area contributed by atoms with Gasteiger partial charge in [0.2, 0.25) is 5.91 Å². The Kier molecular flexibility index (Phi) is 4.12. The Morgan fingerprint density at radius 2 is 2.30 bits per heavy atom. The fourth-order valence-electron chi connectivity index (χ4n) is 3.16. The third-order valence-corrected chi connectivity index (χ3v) is 5.14. The Labute approximate surface area is 158 Å². The van der Waals surface area contributed by atoms with Crippen LogP contribution in [0.5, 0.6) is 0 Å². The van der Waals surface area contributed by atoms with Gasteiger partial charge >= 0.3 is 6.09 Å². The van der Waals surface area contributed by atoms with Crippen LogP contribution >= 0.6 is 11.6 Å². The number of aromatic nitrogens is 1. The Bertz CT molecular complexity index is 1020. The molecule has 0 radical (unpaired) electrons. The number of fused-ring (bicyclic) bond motifs is 1. The predicted octanol–water partition coefficient (Wildman–Crippen LogP) is 3.47. The number of nitrogens with zero attached hydrogens (tertiary/aromatic N) is 3. The molecule has 1 aliphatic heterocycles. The normalized spacial score (nSPS) is 23.9. The Balaban J connectivity index is 1.70. The van der Waals surface area contributed by atoms with E-state index in [1.807, 2.05) is 0 Å². The van der Waals surface area contributed by atoms with Gasteiger partial charge in [-0.05, 0) is 30.9 Å². The van der Waals surface area contributed by atoms with E-state index in [1.165, 1.54) is 17.2 Å². The van der Waals surface area contributed by atoms with Crippen molar-refractivity contribution in [3.63, 3.8) is 0 Å². The lowest BCUT2D eigenvalue weighted by Gasteiger charge is -2.20. The summed E-state index contributed by atoms with van der Waals surface area (Å²) in [7, 11) is 0. The standard InChI is InChI=1S/C18H14ClFN4O3/c1-8-7-27-18(26)24(8)13-3-9-4-14(22-6-12(9)15(19)16(13)20)23-17(25)11-2-10(11)5-21/h3-4,6,8,10-11H,2,7H2,1H3,(H,22,23,25)/t8-,10+,11-/m1/s1. The summed E-state index contributed by atoms with van der Waals surface area (Å²) in [5, 5.41) is 12.2. The summed E-state index contributed by atoms with van der Waals surface area (Å²) in [6, 6.07) is 4.75. The van der Waals surface area contributed by atoms with Crippen LogP contribution in [-0.4, -0.2) is 29.6 Å². The van der Waals surface area contributed by atoms with Gasteiger partial charge in [0.1, 0.15) is 12.4 Å². The Morgan fingerprint density at radius 1 is 1.52 bits per heavy atom. The van der Waals surface area contributed by atoms with Gasteiger partial charge in [0.05, 0.1) is 34.7 Å². The van der Waals surface area contributed by atoms with Crippen LogP contribution in [0.4, 0.5) is 20.7 Å². The van der Waals surface area contributed by atoms with Crippen molar-refractivity contribution in [3.8, 4) is 6.07 Å². The highest BCUT2D eigenvalue weighted by atomic mass is 35.5. The lowest BCUT2D eigenvalue weighted by molar-refractivity contribution is -0.117. The number of pyridine rings is 1. The van der Waals surface area contributed by atoms with Crippen molar-refractivity contribution >= 4 is 45.9 Å². The first kappa shape index (κ1) is 17.5. The van der Waals surface area contributed by atoms with E-state index in [-0.39, 0.29) is 46.9 Å². The zero-order valence-electron chi connectivity index (χ0n) is 14.2. The molecule has 1 saturated carbocycles. The minimum absolute atomic E-state index is 0.0118. The molecule has 2 amide bonds. The molecule has 0 bridgehead atoms. The van der Waals surface area contributed by atoms with Gasteiger partial charge < -0.3 is 10.1 Å². The molecule has 2 fully saturated rings. The zero-order chi connectivity index (χ0) is 19.3. The molecule has 1 N–H and O–H groups in total. The quantitative estimate of drug-likeness (QED) is 0.868. The van der Waals surface area contributed by atoms with Crippen molar-refractivity contribution in [2.24, 2.45) is 11.8 Å². The summed E-state index contributed by atoms with van der Waals surface area (Å²) in [5.74, 6) is -1.34. The number of cyclic esters (lactones) is 1. The van der Waals surface area contributed by atoms with E-state index >= 15 is 0 Å². The number of anilines is 2. The van der Waals surface area contributed by atoms with Crippen LogP contribution in [-0.2, 0) is 9.53 Å². The monoisotopic (exact) mass is 388 g/mol. The Hall–Kier alpha value is -2.92. The number of carbonyl (C=O) groups is 2. The second-order valence-electron chi connectivity index (χ2n) is 6.68. The number of hydrogen-bond donors (Lipinski definition) is 1. The lowest BCUT2D eigenvalue weighted by Crippen LogP contribution is -2.31. The van der Waals surface area contributed by atoms with E-state index in [0.29, 0.717) is 17.2 Å². The zero-order valence-corrected chi connectivity index (χ0v) is 15.0. The number of benzene rings is 1. The molecule has 0 unspecified atom stereocenters. The first-order valence-electron chi connectivity index (χ1n) is 8.35. The van der Waals surface area contributed by atoms with E-state index in [4.69, 9.17) is 21.6 Å². The van der Waals surface area contributed by atoms with Crippen molar-refractivity contribution in [1.29, 1.82) is 5.26 Å². The fraction of sp³-hybridized carbons (Fsp3) is 0.333. The fourth-order valence-corrected chi connectivity index (χ4v) is 3.41. The van der Waals surface area contributed by atoms with Crippen LogP contribution in [0.2, 0.25) is 5.02 Å². The second-order valence-corrected chi connectivity index (χ2v) is 7.06. The molecule has 4 rings (SSSR count). The van der Waals surface area contributed by atoms with Gasteiger partial charge in [0, 0.05) is 11.6 Å². The summed E-state index contributed by atoms with van der Waals surface area (Å²) in [6.07, 6.45) is 1.25. The molecule has 3 atom stereocenters. The van der Waals surface area contributed by atoms with Crippen LogP contribution in [0.15, 0.2) is 18.3 Å². The van der Waals surface area contributed by atoms with Crippen molar-refractivity contribution in [2.75, 3.05) is 16.8 Å². The molecule has 1 aromatic carbocycles. The Morgan fingerprint density at radius 3 is 2.93 bits per heavy atom. The van der Waals surface area contributed by atoms with E-state index < -0.39 is 11.9 Å². The summed E-state index contributed by atoms with van der Waals surface area (Å²) in [4.78, 5) is 29.3. The lowest BCUT2D eigenvalue weighted by atomic mass is 10.1. The molecule has 0 spiro atoms. The van der Waals surface area contributed by atoms with Crippen LogP contribution in [0.1, 0.15) is 13.3 Å². The topological polar surface area (TPSA) is 95.3 Å². The first-order valence-corrected chi connectivity index (χ1v) is 8.72. The van der Waals surface area contributed by atoms with Crippen LogP contribution in [0, 0.1) is 29.0 Å². The molecule has 2 aliphatic rings. The molecule has 1 aliphatic carbocycles. The van der Waals surface area contributed by atoms with Crippen molar-refractivity contribution in [3.05, 3.63) is 29.2 Å². The minimum atomic E-state index is -0.733. The number of rotatable bonds is 3. The van der Waals surface area contributed by atoms with Crippen molar-refractivity contribution < 1.29 is 18.7 Å². The molecule has 1 aromatic heterocycles. The molecule has 9 heteroatoms. The van der Waals surface area contributed by atoms with Crippen LogP contribution < -0.4 is 10.2 Å². The van der Waals surface area contributed by atoms with Gasteiger partial charge in [-0.2, -0.15) is 5.26 Å². The number of hydrogen-bond acceptors (Lipinski definition) is 5. The maximum Gasteiger partial charge on any atom is 0.414 e. The van der Waals surface area contributed by atoms with E-state index in [9.17, 15) is 14.0 Å². The number of carbonyl (C=O) groups excluding carboxylic acids is 2. The van der Waals surface area contributed by atoms with Crippen molar-refractivity contribution in [2.45, 2.75) is 19.4 Å². The van der Waals surface area contributed by atoms with Gasteiger partial charge in [-0.1, -0.05) is 11.6 Å². The number of ether oxygens (including phenoxy) is 1. The van der Waals surface area contributed by atoms with Crippen LogP contribution in [0.25, 0.3) is 10.8 Å². The first-order chi connectivity index (χ1) is 12.9. The van der Waals surface area contributed by atoms with Gasteiger partial charge in [-0.3, -0.25) is 9.69 Å². The van der Waals surface area contributed by atoms with Gasteiger partial charge in [-0.15, -0.1) is 0 Å². The van der Waals surface area contributed by atoms with Crippen molar-refractivity contribution in [1.82, 2.24) is 4.98 Å². The molecule has 138 valence electrons. The smallest absolute Gasteiger partial charge is 0.414 e. The molecular formula is C18H14ClFN4O3. The number of nitriles is 1. The summed E-state index contributed by atoms with van der Waals surface area (Å²) >= 11 is 6.14. The molecule has 1 saturated heterocycles. The molecule has 2 aromatic rings. The largest absolute Gasteiger partial charge is 0.447 e. The van der Waals surface area contributed by atoms with E-state index in [2.05, 4.69) is 16.4 Å². The highest BCUT2D eigenvalue weighted by molar-refractivity contribution is 6.36. The third-order valence-electron chi connectivity index (χ3n) is 4.77. The van der Waals surface area contributed by atoms with E-state index in [0.717, 1.165) is 0 Å². The van der Waals surface area contributed by atoms with Gasteiger partial charge in [-0.25, -0.2) is 14.2 Å². The molecule has 7 nitrogen and oxygen atoms in total. The van der Waals surface area contributed by atoms with Crippen LogP contribution in [0.3, 0.4) is 0 Å². The average Bonchev–Trinajstić information content (AvgIpc) is 3.37. The van der Waals surface area contributed by atoms with Gasteiger partial charge in [0.15, 0.2) is 5.82 Å². The second kappa shape index (κ2) is 6.35. The highest BCUT2D eigenvalue weighted by Crippen LogP contribution is 2.39. The average molecular weight is 389 g/mol. The molecular weight excluding hydrogens is 375 g/mol. The summed E-state index contributed by atoms with van der Waals surface area (Å²) < 4.78 is 19.7. The summed E-state index contributed by atoms with van der Waals surface area (Å²) in [5.41, 5.74) is 0.0118. The van der Waals surface area contributed by atoms with Gasteiger partial charge in [0.25, 0.3) is 0 Å². The predicted molar refractivity (Wildman–Crippen MR) is 95.8 cm³/mol. The maximum absolute atomic E-state index is 14.7.